The molecule has 0 fully saturated rings. The zero-order valence-electron chi connectivity index (χ0n) is 12.4. The van der Waals surface area contributed by atoms with E-state index in [1.165, 1.54) is 41.7 Å². The van der Waals surface area contributed by atoms with Crippen molar-refractivity contribution in [2.45, 2.75) is 6.18 Å². The number of nitrogens with one attached hydrogen (secondary N) is 1. The minimum atomic E-state index is -4.52. The van der Waals surface area contributed by atoms with Gasteiger partial charge in [-0.25, -0.2) is 4.98 Å². The monoisotopic (exact) mass is 365 g/mol. The molecule has 0 aliphatic rings. The number of non-ortho nitro benzene ring substituents is 1. The van der Waals surface area contributed by atoms with Gasteiger partial charge in [0.2, 0.25) is 0 Å². The van der Waals surface area contributed by atoms with E-state index in [0.29, 0.717) is 16.4 Å². The molecule has 1 N–H and O–H groups in total. The number of hydrogen-bond acceptors (Lipinski definition) is 5. The fraction of sp³-hybridized carbons (Fsp3) is 0.0625. The summed E-state index contributed by atoms with van der Waals surface area (Å²) < 4.78 is 39.2. The van der Waals surface area contributed by atoms with Crippen molar-refractivity contribution in [3.05, 3.63) is 69.7 Å². The van der Waals surface area contributed by atoms with Gasteiger partial charge in [-0.2, -0.15) is 13.2 Å². The molecule has 0 aliphatic heterocycles. The number of alkyl halides is 3. The van der Waals surface area contributed by atoms with E-state index in [2.05, 4.69) is 10.3 Å². The average Bonchev–Trinajstić information content (AvgIpc) is 3.07. The summed E-state index contributed by atoms with van der Waals surface area (Å²) in [5, 5.41) is 16.1. The van der Waals surface area contributed by atoms with Crippen molar-refractivity contribution in [2.24, 2.45) is 0 Å². The number of nitro groups is 1. The fourth-order valence-electron chi connectivity index (χ4n) is 2.26. The highest BCUT2D eigenvalue weighted by molar-refractivity contribution is 7.13. The number of nitro benzene ring substituents is 1. The van der Waals surface area contributed by atoms with Crippen LogP contribution in [0.2, 0.25) is 0 Å². The summed E-state index contributed by atoms with van der Waals surface area (Å²) in [6.07, 6.45) is -2.96. The Labute approximate surface area is 143 Å². The topological polar surface area (TPSA) is 68.1 Å². The minimum Gasteiger partial charge on any atom is -0.331 e. The zero-order valence-corrected chi connectivity index (χ0v) is 13.3. The van der Waals surface area contributed by atoms with Gasteiger partial charge in [-0.15, -0.1) is 11.3 Å². The van der Waals surface area contributed by atoms with Crippen molar-refractivity contribution < 1.29 is 18.1 Å². The number of aromatic nitrogens is 1. The van der Waals surface area contributed by atoms with Crippen LogP contribution in [0.3, 0.4) is 0 Å². The van der Waals surface area contributed by atoms with E-state index in [9.17, 15) is 23.3 Å². The average molecular weight is 365 g/mol. The Morgan fingerprint density at radius 1 is 1.16 bits per heavy atom. The number of benzene rings is 2. The number of thiazole rings is 1. The van der Waals surface area contributed by atoms with E-state index in [1.54, 1.807) is 11.6 Å². The molecule has 0 aliphatic carbocycles. The van der Waals surface area contributed by atoms with Gasteiger partial charge >= 0.3 is 6.18 Å². The van der Waals surface area contributed by atoms with Gasteiger partial charge in [-0.05, 0) is 23.8 Å². The highest BCUT2D eigenvalue weighted by atomic mass is 32.1. The van der Waals surface area contributed by atoms with Gasteiger partial charge in [0.25, 0.3) is 5.69 Å². The van der Waals surface area contributed by atoms with Crippen molar-refractivity contribution in [3.8, 4) is 11.1 Å². The smallest absolute Gasteiger partial charge is 0.331 e. The number of rotatable bonds is 4. The van der Waals surface area contributed by atoms with Crippen LogP contribution in [0.15, 0.2) is 54.0 Å². The Hall–Kier alpha value is -2.94. The molecule has 0 radical (unpaired) electrons. The third kappa shape index (κ3) is 3.77. The van der Waals surface area contributed by atoms with Crippen LogP contribution in [0.25, 0.3) is 11.1 Å². The lowest BCUT2D eigenvalue weighted by molar-refractivity contribution is -0.384. The van der Waals surface area contributed by atoms with E-state index in [1.807, 2.05) is 0 Å². The molecule has 0 saturated heterocycles. The summed E-state index contributed by atoms with van der Waals surface area (Å²) in [6, 6.07) is 8.69. The molecule has 0 saturated carbocycles. The van der Waals surface area contributed by atoms with E-state index in [0.717, 1.165) is 12.1 Å². The summed E-state index contributed by atoms with van der Waals surface area (Å²) in [6.45, 7) is 0. The molecule has 3 rings (SSSR count). The molecule has 9 heteroatoms. The van der Waals surface area contributed by atoms with Gasteiger partial charge in [0.15, 0.2) is 5.13 Å². The highest BCUT2D eigenvalue weighted by Crippen LogP contribution is 2.38. The van der Waals surface area contributed by atoms with Crippen LogP contribution < -0.4 is 5.32 Å². The summed E-state index contributed by atoms with van der Waals surface area (Å²) in [4.78, 5) is 14.4. The van der Waals surface area contributed by atoms with Gasteiger partial charge in [0.1, 0.15) is 0 Å². The maximum absolute atomic E-state index is 13.1. The molecule has 0 amide bonds. The van der Waals surface area contributed by atoms with Gasteiger partial charge in [0.05, 0.1) is 10.5 Å². The molecule has 128 valence electrons. The first-order chi connectivity index (χ1) is 11.8. The van der Waals surface area contributed by atoms with Crippen LogP contribution in [0.5, 0.6) is 0 Å². The second kappa shape index (κ2) is 6.52. The van der Waals surface area contributed by atoms with Crippen LogP contribution >= 0.6 is 11.3 Å². The number of nitrogens with zero attached hydrogens (tertiary/aromatic N) is 2. The number of halogens is 3. The Kier molecular flexibility index (Phi) is 4.41. The lowest BCUT2D eigenvalue weighted by Crippen LogP contribution is -2.06. The fourth-order valence-corrected chi connectivity index (χ4v) is 2.80. The first kappa shape index (κ1) is 16.9. The molecule has 0 atom stereocenters. The molecular weight excluding hydrogens is 355 g/mol. The lowest BCUT2D eigenvalue weighted by atomic mass is 10.00. The third-order valence-corrected chi connectivity index (χ3v) is 4.08. The molecular formula is C16H10F3N3O2S. The van der Waals surface area contributed by atoms with Crippen molar-refractivity contribution >= 4 is 27.8 Å². The molecule has 0 unspecified atom stereocenters. The first-order valence-corrected chi connectivity index (χ1v) is 7.85. The van der Waals surface area contributed by atoms with Crippen LogP contribution in [0, 0.1) is 10.1 Å². The summed E-state index contributed by atoms with van der Waals surface area (Å²) in [5.74, 6) is 0. The highest BCUT2D eigenvalue weighted by Gasteiger charge is 2.31. The normalized spacial score (nSPS) is 11.3. The Morgan fingerprint density at radius 2 is 1.96 bits per heavy atom. The zero-order chi connectivity index (χ0) is 18.0. The van der Waals surface area contributed by atoms with Crippen LogP contribution in [-0.2, 0) is 6.18 Å². The van der Waals surface area contributed by atoms with Gasteiger partial charge in [-0.3, -0.25) is 10.1 Å². The Morgan fingerprint density at radius 3 is 2.60 bits per heavy atom. The molecule has 3 aromatic rings. The second-order valence-electron chi connectivity index (χ2n) is 5.03. The van der Waals surface area contributed by atoms with E-state index in [-0.39, 0.29) is 11.3 Å². The Balaban J connectivity index is 2.13. The Bertz CT molecular complexity index is 911. The number of hydrogen-bond donors (Lipinski definition) is 1. The van der Waals surface area contributed by atoms with E-state index >= 15 is 0 Å². The third-order valence-electron chi connectivity index (χ3n) is 3.39. The maximum atomic E-state index is 13.1. The first-order valence-electron chi connectivity index (χ1n) is 6.97. The SMILES string of the molecule is O=[N+]([O-])c1cccc(-c2cc(C(F)(F)F)ccc2Nc2nccs2)c1. The van der Waals surface area contributed by atoms with Crippen molar-refractivity contribution in [3.63, 3.8) is 0 Å². The second-order valence-corrected chi connectivity index (χ2v) is 5.92. The van der Waals surface area contributed by atoms with Gasteiger partial charge in [0, 0.05) is 35.0 Å². The molecule has 1 aromatic heterocycles. The predicted molar refractivity (Wildman–Crippen MR) is 88.9 cm³/mol. The minimum absolute atomic E-state index is 0.199. The van der Waals surface area contributed by atoms with Gasteiger partial charge < -0.3 is 5.32 Å². The molecule has 1 heterocycles. The van der Waals surface area contributed by atoms with Crippen LogP contribution in [0.4, 0.5) is 29.7 Å². The van der Waals surface area contributed by atoms with Crippen molar-refractivity contribution in [2.75, 3.05) is 5.32 Å². The summed E-state index contributed by atoms with van der Waals surface area (Å²) in [7, 11) is 0. The van der Waals surface area contributed by atoms with E-state index in [4.69, 9.17) is 0 Å². The van der Waals surface area contributed by atoms with Crippen molar-refractivity contribution in [1.29, 1.82) is 0 Å². The molecule has 5 nitrogen and oxygen atoms in total. The largest absolute Gasteiger partial charge is 0.416 e. The van der Waals surface area contributed by atoms with Crippen molar-refractivity contribution in [1.82, 2.24) is 4.98 Å². The molecule has 0 bridgehead atoms. The van der Waals surface area contributed by atoms with Gasteiger partial charge in [-0.1, -0.05) is 12.1 Å². The summed E-state index contributed by atoms with van der Waals surface area (Å²) >= 11 is 1.29. The maximum Gasteiger partial charge on any atom is 0.416 e. The molecule has 0 spiro atoms. The predicted octanol–water partition coefficient (Wildman–Crippen LogP) is 5.48. The summed E-state index contributed by atoms with van der Waals surface area (Å²) in [5.41, 5.74) is -0.148. The molecule has 25 heavy (non-hydrogen) atoms. The van der Waals surface area contributed by atoms with Crippen LogP contribution in [0.1, 0.15) is 5.56 Å². The lowest BCUT2D eigenvalue weighted by Gasteiger charge is -2.14. The van der Waals surface area contributed by atoms with Crippen LogP contribution in [-0.4, -0.2) is 9.91 Å². The molecule has 2 aromatic carbocycles. The number of anilines is 2. The quantitative estimate of drug-likeness (QED) is 0.491. The standard InChI is InChI=1S/C16H10F3N3O2S/c17-16(18,19)11-4-5-14(21-15-20-6-7-25-15)13(9-11)10-2-1-3-12(8-10)22(23)24/h1-9H,(H,20,21). The van der Waals surface area contributed by atoms with E-state index < -0.39 is 16.7 Å².